The molecule has 0 saturated heterocycles. The van der Waals surface area contributed by atoms with Crippen LogP contribution in [0.5, 0.6) is 0 Å². The molecule has 0 radical (unpaired) electrons. The normalized spacial score (nSPS) is 24.7. The lowest BCUT2D eigenvalue weighted by molar-refractivity contribution is -0.144. The van der Waals surface area contributed by atoms with Gasteiger partial charge >= 0.3 is 0 Å². The Balaban J connectivity index is 2.12. The Morgan fingerprint density at radius 2 is 1.86 bits per heavy atom. The van der Waals surface area contributed by atoms with Crippen LogP contribution in [0.1, 0.15) is 52.4 Å². The van der Waals surface area contributed by atoms with Gasteiger partial charge in [0.2, 0.25) is 11.6 Å². The molecule has 2 aliphatic rings. The number of Topliss-reactive ketones (excluding diaryl/α,β-unsaturated/α-hetero) is 2. The average molecular weight is 325 g/mol. The number of rotatable bonds is 6. The molecule has 1 atom stereocenters. The molecule has 22 heavy (non-hydrogen) atoms. The van der Waals surface area contributed by atoms with Crippen molar-refractivity contribution in [2.45, 2.75) is 58.0 Å². The van der Waals surface area contributed by atoms with Crippen LogP contribution in [0.2, 0.25) is 0 Å². The van der Waals surface area contributed by atoms with E-state index in [-0.39, 0.29) is 10.6 Å². The number of hydrogen-bond donors (Lipinski definition) is 1. The van der Waals surface area contributed by atoms with Crippen molar-refractivity contribution in [1.29, 1.82) is 0 Å². The Labute approximate surface area is 135 Å². The Hall–Kier alpha value is -1.39. The lowest BCUT2D eigenvalue weighted by Crippen LogP contribution is -2.48. The van der Waals surface area contributed by atoms with Gasteiger partial charge in [-0.3, -0.25) is 9.59 Å². The Kier molecular flexibility index (Phi) is 5.24. The molecule has 5 heteroatoms. The van der Waals surface area contributed by atoms with Gasteiger partial charge in [0.1, 0.15) is 12.0 Å². The number of halogens is 1. The molecular formula is C17H21ClO4. The highest BCUT2D eigenvalue weighted by molar-refractivity contribution is 6.49. The molecule has 0 bridgehead atoms. The summed E-state index contributed by atoms with van der Waals surface area (Å²) in [5, 5.41) is 9.87. The Morgan fingerprint density at radius 3 is 2.55 bits per heavy atom. The van der Waals surface area contributed by atoms with Gasteiger partial charge in [0.15, 0.2) is 5.60 Å². The molecule has 0 unspecified atom stereocenters. The van der Waals surface area contributed by atoms with Crippen molar-refractivity contribution in [3.63, 3.8) is 0 Å². The van der Waals surface area contributed by atoms with E-state index < -0.39 is 17.2 Å². The molecule has 1 N–H and O–H groups in total. The minimum atomic E-state index is -2.11. The maximum Gasteiger partial charge on any atom is 0.214 e. The average Bonchev–Trinajstić information content (AvgIpc) is 2.51. The SMILES string of the molecule is CCCCCCCC1=CC2=C(Cl)C(=O)[C@@](C)(O)C(=O)C2=CO1. The predicted octanol–water partition coefficient (Wildman–Crippen LogP) is 3.54. The minimum Gasteiger partial charge on any atom is -0.469 e. The summed E-state index contributed by atoms with van der Waals surface area (Å²) in [5.74, 6) is -0.738. The predicted molar refractivity (Wildman–Crippen MR) is 84.1 cm³/mol. The molecule has 2 rings (SSSR count). The molecule has 0 saturated carbocycles. The van der Waals surface area contributed by atoms with Crippen molar-refractivity contribution in [2.24, 2.45) is 0 Å². The molecule has 0 spiro atoms. The van der Waals surface area contributed by atoms with Crippen LogP contribution in [0.25, 0.3) is 0 Å². The number of fused-ring (bicyclic) bond motifs is 1. The lowest BCUT2D eigenvalue weighted by atomic mass is 9.80. The second-order valence-electron chi connectivity index (χ2n) is 5.88. The maximum absolute atomic E-state index is 12.1. The minimum absolute atomic E-state index is 0.109. The van der Waals surface area contributed by atoms with Crippen LogP contribution in [-0.2, 0) is 14.3 Å². The Bertz CT molecular complexity index is 581. The van der Waals surface area contributed by atoms with E-state index in [1.165, 1.54) is 25.5 Å². The number of allylic oxidation sites excluding steroid dienone is 3. The summed E-state index contributed by atoms with van der Waals surface area (Å²) < 4.78 is 5.46. The van der Waals surface area contributed by atoms with Gasteiger partial charge in [0.05, 0.1) is 10.6 Å². The van der Waals surface area contributed by atoms with Gasteiger partial charge in [-0.25, -0.2) is 0 Å². The van der Waals surface area contributed by atoms with Crippen molar-refractivity contribution < 1.29 is 19.4 Å². The zero-order valence-electron chi connectivity index (χ0n) is 12.9. The first-order valence-corrected chi connectivity index (χ1v) is 8.07. The molecule has 0 aromatic heterocycles. The van der Waals surface area contributed by atoms with E-state index in [9.17, 15) is 14.7 Å². The van der Waals surface area contributed by atoms with Crippen molar-refractivity contribution in [1.82, 2.24) is 0 Å². The van der Waals surface area contributed by atoms with Gasteiger partial charge in [-0.05, 0) is 19.4 Å². The monoisotopic (exact) mass is 324 g/mol. The van der Waals surface area contributed by atoms with Gasteiger partial charge in [-0.2, -0.15) is 0 Å². The Morgan fingerprint density at radius 1 is 1.18 bits per heavy atom. The summed E-state index contributed by atoms with van der Waals surface area (Å²) in [7, 11) is 0. The van der Waals surface area contributed by atoms with Gasteiger partial charge in [-0.15, -0.1) is 0 Å². The van der Waals surface area contributed by atoms with Crippen LogP contribution in [0.3, 0.4) is 0 Å². The zero-order chi connectivity index (χ0) is 16.3. The summed E-state index contributed by atoms with van der Waals surface area (Å²) in [6.45, 7) is 3.32. The fourth-order valence-corrected chi connectivity index (χ4v) is 2.90. The molecule has 1 heterocycles. The number of unbranched alkanes of at least 4 members (excludes halogenated alkanes) is 4. The van der Waals surface area contributed by atoms with E-state index in [1.807, 2.05) is 0 Å². The van der Waals surface area contributed by atoms with E-state index in [4.69, 9.17) is 16.3 Å². The van der Waals surface area contributed by atoms with E-state index >= 15 is 0 Å². The maximum atomic E-state index is 12.1. The first kappa shape index (κ1) is 17.0. The molecule has 0 aromatic rings. The number of ether oxygens (including phenoxy) is 1. The van der Waals surface area contributed by atoms with Crippen molar-refractivity contribution in [2.75, 3.05) is 0 Å². The number of aliphatic hydroxyl groups is 1. The highest BCUT2D eigenvalue weighted by Crippen LogP contribution is 2.37. The second-order valence-corrected chi connectivity index (χ2v) is 6.26. The van der Waals surface area contributed by atoms with Crippen molar-refractivity contribution in [3.8, 4) is 0 Å². The summed E-state index contributed by atoms with van der Waals surface area (Å²) >= 11 is 6.04. The first-order valence-electron chi connectivity index (χ1n) is 7.69. The summed E-state index contributed by atoms with van der Waals surface area (Å²) in [5.41, 5.74) is -1.59. The summed E-state index contributed by atoms with van der Waals surface area (Å²) in [4.78, 5) is 24.1. The van der Waals surface area contributed by atoms with E-state index in [0.717, 1.165) is 26.2 Å². The van der Waals surface area contributed by atoms with E-state index in [0.29, 0.717) is 11.3 Å². The standard InChI is InChI=1S/C17H21ClO4/c1-3-4-5-6-7-8-11-9-12-13(10-22-11)15(19)17(2,21)16(20)14(12)18/h9-10,21H,3-8H2,1-2H3/t17-/m0/s1. The third-order valence-corrected chi connectivity index (χ3v) is 4.39. The van der Waals surface area contributed by atoms with Gasteiger partial charge < -0.3 is 9.84 Å². The second kappa shape index (κ2) is 6.80. The van der Waals surface area contributed by atoms with Crippen LogP contribution in [0, 0.1) is 0 Å². The van der Waals surface area contributed by atoms with Gasteiger partial charge in [0, 0.05) is 12.0 Å². The van der Waals surface area contributed by atoms with Crippen molar-refractivity contribution in [3.05, 3.63) is 34.3 Å². The number of hydrogen-bond acceptors (Lipinski definition) is 4. The number of carbonyl (C=O) groups is 2. The number of carbonyl (C=O) groups excluding carboxylic acids is 2. The summed E-state index contributed by atoms with van der Waals surface area (Å²) in [6, 6.07) is 0. The van der Waals surface area contributed by atoms with Crippen LogP contribution < -0.4 is 0 Å². The highest BCUT2D eigenvalue weighted by Gasteiger charge is 2.48. The molecule has 1 aliphatic heterocycles. The highest BCUT2D eigenvalue weighted by atomic mass is 35.5. The quantitative estimate of drug-likeness (QED) is 0.599. The smallest absolute Gasteiger partial charge is 0.214 e. The third kappa shape index (κ3) is 3.18. The topological polar surface area (TPSA) is 63.6 Å². The molecule has 0 fully saturated rings. The molecule has 0 aromatic carbocycles. The molecule has 1 aliphatic carbocycles. The van der Waals surface area contributed by atoms with Crippen LogP contribution >= 0.6 is 11.6 Å². The molecular weight excluding hydrogens is 304 g/mol. The molecule has 120 valence electrons. The third-order valence-electron chi connectivity index (χ3n) is 4.02. The van der Waals surface area contributed by atoms with Crippen LogP contribution in [-0.4, -0.2) is 22.3 Å². The largest absolute Gasteiger partial charge is 0.469 e. The molecule has 0 amide bonds. The van der Waals surface area contributed by atoms with Gasteiger partial charge in [0.25, 0.3) is 0 Å². The zero-order valence-corrected chi connectivity index (χ0v) is 13.7. The van der Waals surface area contributed by atoms with Gasteiger partial charge in [-0.1, -0.05) is 44.2 Å². The van der Waals surface area contributed by atoms with Crippen LogP contribution in [0.15, 0.2) is 34.3 Å². The van der Waals surface area contributed by atoms with Crippen LogP contribution in [0.4, 0.5) is 0 Å². The fraction of sp³-hybridized carbons (Fsp3) is 0.529. The van der Waals surface area contributed by atoms with E-state index in [1.54, 1.807) is 6.08 Å². The first-order chi connectivity index (χ1) is 10.4. The van der Waals surface area contributed by atoms with Crippen molar-refractivity contribution >= 4 is 23.2 Å². The summed E-state index contributed by atoms with van der Waals surface area (Å²) in [6.07, 6.45) is 9.37. The number of ketones is 2. The molecule has 4 nitrogen and oxygen atoms in total. The fourth-order valence-electron chi connectivity index (χ4n) is 2.56. The van der Waals surface area contributed by atoms with E-state index in [2.05, 4.69) is 6.92 Å². The lowest BCUT2D eigenvalue weighted by Gasteiger charge is -2.29.